The minimum absolute atomic E-state index is 0.926. The van der Waals surface area contributed by atoms with Crippen LogP contribution < -0.4 is 16.5 Å². The fourth-order valence-electron chi connectivity index (χ4n) is 2.38. The highest BCUT2D eigenvalue weighted by molar-refractivity contribution is 5.14. The highest BCUT2D eigenvalue weighted by atomic mass is 15.8. The highest BCUT2D eigenvalue weighted by Crippen LogP contribution is 2.08. The summed E-state index contributed by atoms with van der Waals surface area (Å²) in [5.74, 6) is 0. The summed E-state index contributed by atoms with van der Waals surface area (Å²) < 4.78 is 0. The van der Waals surface area contributed by atoms with E-state index in [1.165, 1.54) is 44.1 Å². The molecule has 1 saturated heterocycles. The third-order valence-corrected chi connectivity index (χ3v) is 3.50. The number of nitrogens with one attached hydrogen (secondary N) is 3. The predicted molar refractivity (Wildman–Crippen MR) is 78.8 cm³/mol. The first-order valence-electron chi connectivity index (χ1n) is 7.47. The predicted octanol–water partition coefficient (Wildman–Crippen LogP) is 2.36. The van der Waals surface area contributed by atoms with E-state index in [1.807, 2.05) is 0 Å². The van der Waals surface area contributed by atoms with Gasteiger partial charge < -0.3 is 0 Å². The van der Waals surface area contributed by atoms with Crippen molar-refractivity contribution in [2.24, 2.45) is 0 Å². The van der Waals surface area contributed by atoms with Crippen molar-refractivity contribution < 1.29 is 0 Å². The lowest BCUT2D eigenvalue weighted by molar-refractivity contribution is 0.122. The first-order chi connectivity index (χ1) is 9.45. The molecular formula is C15H26N4. The maximum absolute atomic E-state index is 3.26. The number of hydrazine groups is 3. The lowest BCUT2D eigenvalue weighted by Crippen LogP contribution is -2.53. The molecule has 4 nitrogen and oxygen atoms in total. The van der Waals surface area contributed by atoms with Gasteiger partial charge in [-0.05, 0) is 18.4 Å². The van der Waals surface area contributed by atoms with Gasteiger partial charge in [0.1, 0.15) is 0 Å². The van der Waals surface area contributed by atoms with Gasteiger partial charge in [-0.15, -0.1) is 0 Å². The SMILES string of the molecule is c1ccc(CN2CCCCCCCCNNN2)cc1. The Kier molecular flexibility index (Phi) is 6.89. The van der Waals surface area contributed by atoms with Crippen LogP contribution in [-0.2, 0) is 6.54 Å². The molecule has 0 amide bonds. The van der Waals surface area contributed by atoms with E-state index in [4.69, 9.17) is 0 Å². The van der Waals surface area contributed by atoms with Gasteiger partial charge in [0.05, 0.1) is 0 Å². The van der Waals surface area contributed by atoms with Gasteiger partial charge in [0.2, 0.25) is 0 Å². The Morgan fingerprint density at radius 1 is 0.895 bits per heavy atom. The van der Waals surface area contributed by atoms with Gasteiger partial charge in [-0.2, -0.15) is 11.1 Å². The number of rotatable bonds is 2. The topological polar surface area (TPSA) is 39.3 Å². The molecule has 1 fully saturated rings. The summed E-state index contributed by atoms with van der Waals surface area (Å²) in [6.45, 7) is 3.02. The second-order valence-corrected chi connectivity index (χ2v) is 5.19. The van der Waals surface area contributed by atoms with E-state index in [1.54, 1.807) is 0 Å². The van der Waals surface area contributed by atoms with Crippen molar-refractivity contribution in [2.75, 3.05) is 13.1 Å². The Morgan fingerprint density at radius 2 is 1.63 bits per heavy atom. The van der Waals surface area contributed by atoms with Crippen LogP contribution in [0.5, 0.6) is 0 Å². The van der Waals surface area contributed by atoms with Crippen molar-refractivity contribution in [1.82, 2.24) is 21.5 Å². The summed E-state index contributed by atoms with van der Waals surface area (Å²) >= 11 is 0. The van der Waals surface area contributed by atoms with Crippen LogP contribution in [0.1, 0.15) is 44.1 Å². The molecule has 0 unspecified atom stereocenters. The molecular weight excluding hydrogens is 236 g/mol. The van der Waals surface area contributed by atoms with E-state index in [-0.39, 0.29) is 0 Å². The Labute approximate surface area is 116 Å². The molecule has 106 valence electrons. The van der Waals surface area contributed by atoms with Crippen molar-refractivity contribution in [3.63, 3.8) is 0 Å². The Balaban J connectivity index is 1.81. The van der Waals surface area contributed by atoms with Crippen LogP contribution in [0.3, 0.4) is 0 Å². The van der Waals surface area contributed by atoms with Gasteiger partial charge in [0, 0.05) is 19.6 Å². The lowest BCUT2D eigenvalue weighted by Gasteiger charge is -2.24. The molecule has 1 aliphatic rings. The van der Waals surface area contributed by atoms with E-state index in [0.29, 0.717) is 0 Å². The third kappa shape index (κ3) is 6.16. The zero-order valence-corrected chi connectivity index (χ0v) is 11.7. The van der Waals surface area contributed by atoms with Gasteiger partial charge in [-0.25, -0.2) is 10.4 Å². The average Bonchev–Trinajstić information content (AvgIpc) is 2.43. The standard InChI is InChI=1S/C15H26N4/c1-2-4-9-13-19(18-17-16-12-8-3-1)14-15-10-6-5-7-11-15/h5-7,10-11,16-18H,1-4,8-9,12-14H2. The highest BCUT2D eigenvalue weighted by Gasteiger charge is 2.05. The summed E-state index contributed by atoms with van der Waals surface area (Å²) in [6, 6.07) is 10.6. The molecule has 2 rings (SSSR count). The van der Waals surface area contributed by atoms with Crippen molar-refractivity contribution >= 4 is 0 Å². The largest absolute Gasteiger partial charge is 0.243 e. The van der Waals surface area contributed by atoms with Crippen LogP contribution in [0, 0.1) is 0 Å². The quantitative estimate of drug-likeness (QED) is 0.765. The zero-order chi connectivity index (χ0) is 13.2. The van der Waals surface area contributed by atoms with Gasteiger partial charge in [-0.3, -0.25) is 0 Å². The number of hydrogen-bond donors (Lipinski definition) is 3. The summed E-state index contributed by atoms with van der Waals surface area (Å²) in [6.07, 6.45) is 7.90. The second-order valence-electron chi connectivity index (χ2n) is 5.19. The molecule has 19 heavy (non-hydrogen) atoms. The van der Waals surface area contributed by atoms with Crippen LogP contribution >= 0.6 is 0 Å². The average molecular weight is 262 g/mol. The van der Waals surface area contributed by atoms with Crippen molar-refractivity contribution in [3.8, 4) is 0 Å². The molecule has 1 aromatic carbocycles. The summed E-state index contributed by atoms with van der Waals surface area (Å²) in [5, 5.41) is 2.24. The molecule has 3 N–H and O–H groups in total. The lowest BCUT2D eigenvalue weighted by atomic mass is 10.1. The zero-order valence-electron chi connectivity index (χ0n) is 11.7. The van der Waals surface area contributed by atoms with E-state index < -0.39 is 0 Å². The minimum atomic E-state index is 0.926. The molecule has 1 heterocycles. The number of hydrogen-bond acceptors (Lipinski definition) is 4. The molecule has 0 spiro atoms. The van der Waals surface area contributed by atoms with Crippen LogP contribution in [-0.4, -0.2) is 18.1 Å². The van der Waals surface area contributed by atoms with Crippen LogP contribution in [0.2, 0.25) is 0 Å². The fraction of sp³-hybridized carbons (Fsp3) is 0.600. The molecule has 4 heteroatoms. The minimum Gasteiger partial charge on any atom is -0.243 e. The Bertz CT molecular complexity index is 316. The molecule has 0 aromatic heterocycles. The first kappa shape index (κ1) is 14.5. The molecule has 0 bridgehead atoms. The van der Waals surface area contributed by atoms with E-state index in [2.05, 4.69) is 51.8 Å². The summed E-state index contributed by atoms with van der Waals surface area (Å²) in [5.41, 5.74) is 10.9. The molecule has 0 aliphatic carbocycles. The van der Waals surface area contributed by atoms with E-state index >= 15 is 0 Å². The normalized spacial score (nSPS) is 20.4. The molecule has 1 aromatic rings. The van der Waals surface area contributed by atoms with Crippen molar-refractivity contribution in [3.05, 3.63) is 35.9 Å². The van der Waals surface area contributed by atoms with Crippen LogP contribution in [0.25, 0.3) is 0 Å². The Morgan fingerprint density at radius 3 is 2.47 bits per heavy atom. The third-order valence-electron chi connectivity index (χ3n) is 3.50. The van der Waals surface area contributed by atoms with E-state index in [0.717, 1.165) is 19.6 Å². The number of benzene rings is 1. The van der Waals surface area contributed by atoms with Gasteiger partial charge in [-0.1, -0.05) is 56.0 Å². The summed E-state index contributed by atoms with van der Waals surface area (Å²) in [7, 11) is 0. The van der Waals surface area contributed by atoms with Gasteiger partial charge >= 0.3 is 0 Å². The second kappa shape index (κ2) is 9.04. The van der Waals surface area contributed by atoms with Crippen LogP contribution in [0.4, 0.5) is 0 Å². The fourth-order valence-corrected chi connectivity index (χ4v) is 2.38. The summed E-state index contributed by atoms with van der Waals surface area (Å²) in [4.78, 5) is 0. The maximum Gasteiger partial charge on any atom is 0.0395 e. The van der Waals surface area contributed by atoms with Gasteiger partial charge in [0.25, 0.3) is 0 Å². The molecule has 0 saturated carbocycles. The van der Waals surface area contributed by atoms with Gasteiger partial charge in [0.15, 0.2) is 0 Å². The maximum atomic E-state index is 3.26. The van der Waals surface area contributed by atoms with Crippen LogP contribution in [0.15, 0.2) is 30.3 Å². The van der Waals surface area contributed by atoms with E-state index in [9.17, 15) is 0 Å². The van der Waals surface area contributed by atoms with Crippen molar-refractivity contribution in [1.29, 1.82) is 0 Å². The first-order valence-corrected chi connectivity index (χ1v) is 7.47. The Hall–Kier alpha value is -0.940. The monoisotopic (exact) mass is 262 g/mol. The smallest absolute Gasteiger partial charge is 0.0395 e. The number of nitrogens with zero attached hydrogens (tertiary/aromatic N) is 1. The molecule has 1 aliphatic heterocycles. The van der Waals surface area contributed by atoms with Crippen molar-refractivity contribution in [2.45, 2.75) is 45.1 Å². The molecule has 0 radical (unpaired) electrons. The molecule has 0 atom stereocenters.